The van der Waals surface area contributed by atoms with Crippen molar-refractivity contribution in [3.63, 3.8) is 0 Å². The Morgan fingerprint density at radius 1 is 1.32 bits per heavy atom. The third-order valence-corrected chi connectivity index (χ3v) is 6.18. The molecule has 0 amide bonds. The Hall–Kier alpha value is -2.76. The van der Waals surface area contributed by atoms with E-state index in [-0.39, 0.29) is 40.7 Å². The molecular formula is C22H25NO5. The zero-order chi connectivity index (χ0) is 20.2. The van der Waals surface area contributed by atoms with Gasteiger partial charge in [-0.15, -0.1) is 0 Å². The first-order valence-electron chi connectivity index (χ1n) is 9.63. The zero-order valence-electron chi connectivity index (χ0n) is 16.6. The van der Waals surface area contributed by atoms with E-state index in [1.54, 1.807) is 25.3 Å². The van der Waals surface area contributed by atoms with Crippen LogP contribution in [-0.2, 0) is 4.74 Å². The largest absolute Gasteiger partial charge is 0.504 e. The van der Waals surface area contributed by atoms with Gasteiger partial charge >= 0.3 is 5.97 Å². The minimum Gasteiger partial charge on any atom is -0.504 e. The minimum atomic E-state index is -0.593. The summed E-state index contributed by atoms with van der Waals surface area (Å²) in [6, 6.07) is 5.13. The van der Waals surface area contributed by atoms with E-state index in [4.69, 9.17) is 9.47 Å². The third kappa shape index (κ3) is 2.62. The van der Waals surface area contributed by atoms with Crippen LogP contribution in [-0.4, -0.2) is 29.4 Å². The molecule has 2 aromatic rings. The number of phenolic OH excluding ortho intramolecular Hbond substituents is 1. The quantitative estimate of drug-likeness (QED) is 0.814. The number of methoxy groups -OCH3 is 1. The number of phenols is 1. The van der Waals surface area contributed by atoms with Crippen LogP contribution in [0, 0.1) is 5.41 Å². The molecule has 0 saturated heterocycles. The number of rotatable bonds is 3. The number of ether oxygens (including phenoxy) is 2. The lowest BCUT2D eigenvalue weighted by atomic mass is 9.77. The smallest absolute Gasteiger partial charge is 0.343 e. The fourth-order valence-electron chi connectivity index (χ4n) is 4.91. The second-order valence-corrected chi connectivity index (χ2v) is 8.25. The normalized spacial score (nSPS) is 21.4. The van der Waals surface area contributed by atoms with Crippen LogP contribution in [0.1, 0.15) is 61.5 Å². The number of aromatic hydroxyl groups is 1. The Morgan fingerprint density at radius 3 is 2.75 bits per heavy atom. The van der Waals surface area contributed by atoms with Crippen molar-refractivity contribution in [2.24, 2.45) is 5.41 Å². The molecule has 28 heavy (non-hydrogen) atoms. The molecule has 0 spiro atoms. The Kier molecular flexibility index (Phi) is 4.25. The maximum atomic E-state index is 12.7. The summed E-state index contributed by atoms with van der Waals surface area (Å²) in [6.07, 6.45) is 3.63. The van der Waals surface area contributed by atoms with Crippen molar-refractivity contribution in [3.8, 4) is 22.8 Å². The van der Waals surface area contributed by atoms with E-state index < -0.39 is 5.97 Å². The molecule has 1 aliphatic heterocycles. The summed E-state index contributed by atoms with van der Waals surface area (Å²) in [5.41, 5.74) is 2.30. The van der Waals surface area contributed by atoms with Crippen molar-refractivity contribution in [2.45, 2.75) is 45.6 Å². The molecule has 2 atom stereocenters. The highest BCUT2D eigenvalue weighted by atomic mass is 16.5. The molecule has 1 fully saturated rings. The van der Waals surface area contributed by atoms with Gasteiger partial charge in [0.25, 0.3) is 0 Å². The number of fused-ring (bicyclic) bond motifs is 6. The first kappa shape index (κ1) is 18.6. The number of hydrogen-bond donors (Lipinski definition) is 1. The van der Waals surface area contributed by atoms with Gasteiger partial charge in [-0.25, -0.2) is 4.79 Å². The van der Waals surface area contributed by atoms with Gasteiger partial charge in [0.05, 0.1) is 19.4 Å². The number of carbonyl (C=O) groups is 1. The van der Waals surface area contributed by atoms with Crippen LogP contribution < -0.4 is 10.2 Å². The van der Waals surface area contributed by atoms with Gasteiger partial charge in [0.15, 0.2) is 16.9 Å². The number of aromatic nitrogens is 1. The zero-order valence-corrected chi connectivity index (χ0v) is 16.6. The van der Waals surface area contributed by atoms with E-state index in [0.29, 0.717) is 5.75 Å². The van der Waals surface area contributed by atoms with Gasteiger partial charge in [0.1, 0.15) is 5.56 Å². The fraction of sp³-hybridized carbons (Fsp3) is 0.455. The number of pyridine rings is 1. The van der Waals surface area contributed by atoms with Gasteiger partial charge in [0, 0.05) is 29.8 Å². The van der Waals surface area contributed by atoms with Gasteiger partial charge in [-0.1, -0.05) is 13.8 Å². The lowest BCUT2D eigenvalue weighted by molar-refractivity contribution is 0.0523. The van der Waals surface area contributed by atoms with Gasteiger partial charge < -0.3 is 19.1 Å². The highest BCUT2D eigenvalue weighted by Gasteiger charge is 2.47. The van der Waals surface area contributed by atoms with Crippen LogP contribution in [0.5, 0.6) is 11.5 Å². The van der Waals surface area contributed by atoms with Crippen LogP contribution in [0.2, 0.25) is 0 Å². The Labute approximate surface area is 163 Å². The SMILES string of the molecule is CCOC(=O)c1cn2c(cc1=O)-c1cc(OC)c(O)cc1[C@@H]1CCC(C)(C)[C@@H]12. The average molecular weight is 383 g/mol. The maximum Gasteiger partial charge on any atom is 0.343 e. The first-order valence-corrected chi connectivity index (χ1v) is 9.63. The minimum absolute atomic E-state index is 0.0202. The molecule has 4 rings (SSSR count). The molecule has 6 nitrogen and oxygen atoms in total. The van der Waals surface area contributed by atoms with Gasteiger partial charge in [0.2, 0.25) is 0 Å². The molecule has 1 aliphatic carbocycles. The predicted molar refractivity (Wildman–Crippen MR) is 105 cm³/mol. The van der Waals surface area contributed by atoms with E-state index in [0.717, 1.165) is 29.7 Å². The fourth-order valence-corrected chi connectivity index (χ4v) is 4.91. The lowest BCUT2D eigenvalue weighted by Gasteiger charge is -2.39. The van der Waals surface area contributed by atoms with Crippen molar-refractivity contribution >= 4 is 5.97 Å². The summed E-state index contributed by atoms with van der Waals surface area (Å²) in [4.78, 5) is 25.0. The van der Waals surface area contributed by atoms with Gasteiger partial charge in [-0.2, -0.15) is 0 Å². The topological polar surface area (TPSA) is 77.8 Å². The Bertz CT molecular complexity index is 1020. The average Bonchev–Trinajstić information content (AvgIpc) is 2.97. The van der Waals surface area contributed by atoms with E-state index in [1.807, 2.05) is 0 Å². The number of carbonyl (C=O) groups excluding carboxylic acids is 1. The Morgan fingerprint density at radius 2 is 2.07 bits per heavy atom. The maximum absolute atomic E-state index is 12.7. The molecule has 1 aromatic heterocycles. The molecular weight excluding hydrogens is 358 g/mol. The van der Waals surface area contributed by atoms with Crippen LogP contribution in [0.25, 0.3) is 11.3 Å². The standard InChI is InChI=1S/C22H25NO5/c1-5-28-21(26)15-11-23-16(10-17(15)24)14-9-19(27-4)18(25)8-13(14)12-6-7-22(2,3)20(12)23/h8-12,20,25H,5-7H2,1-4H3/t12-,20+/m0/s1. The van der Waals surface area contributed by atoms with Crippen LogP contribution in [0.4, 0.5) is 0 Å². The van der Waals surface area contributed by atoms with E-state index in [1.165, 1.54) is 13.2 Å². The monoisotopic (exact) mass is 383 g/mol. The summed E-state index contributed by atoms with van der Waals surface area (Å²) in [6.45, 7) is 6.35. The molecule has 1 saturated carbocycles. The summed E-state index contributed by atoms with van der Waals surface area (Å²) < 4.78 is 12.4. The summed E-state index contributed by atoms with van der Waals surface area (Å²) >= 11 is 0. The van der Waals surface area contributed by atoms with Gasteiger partial charge in [-0.3, -0.25) is 4.79 Å². The van der Waals surface area contributed by atoms with Crippen molar-refractivity contribution in [2.75, 3.05) is 13.7 Å². The van der Waals surface area contributed by atoms with Crippen molar-refractivity contribution in [1.29, 1.82) is 0 Å². The summed E-state index contributed by atoms with van der Waals surface area (Å²) in [7, 11) is 1.50. The molecule has 1 aromatic carbocycles. The van der Waals surface area contributed by atoms with E-state index >= 15 is 0 Å². The second-order valence-electron chi connectivity index (χ2n) is 8.25. The highest BCUT2D eigenvalue weighted by molar-refractivity contribution is 5.89. The molecule has 2 heterocycles. The molecule has 0 radical (unpaired) electrons. The van der Waals surface area contributed by atoms with Crippen molar-refractivity contribution in [1.82, 2.24) is 4.57 Å². The summed E-state index contributed by atoms with van der Waals surface area (Å²) in [5.74, 6) is 0.0580. The van der Waals surface area contributed by atoms with Crippen LogP contribution >= 0.6 is 0 Å². The first-order chi connectivity index (χ1) is 13.3. The van der Waals surface area contributed by atoms with E-state index in [9.17, 15) is 14.7 Å². The van der Waals surface area contributed by atoms with Crippen LogP contribution in [0.3, 0.4) is 0 Å². The molecule has 0 bridgehead atoms. The van der Waals surface area contributed by atoms with Crippen molar-refractivity contribution in [3.05, 3.63) is 45.7 Å². The second kappa shape index (κ2) is 6.40. The summed E-state index contributed by atoms with van der Waals surface area (Å²) in [5, 5.41) is 10.3. The number of esters is 1. The molecule has 6 heteroatoms. The number of hydrogen-bond acceptors (Lipinski definition) is 5. The van der Waals surface area contributed by atoms with Crippen molar-refractivity contribution < 1.29 is 19.4 Å². The molecule has 148 valence electrons. The highest BCUT2D eigenvalue weighted by Crippen LogP contribution is 2.59. The number of nitrogens with zero attached hydrogens (tertiary/aromatic N) is 1. The van der Waals surface area contributed by atoms with E-state index in [2.05, 4.69) is 18.4 Å². The predicted octanol–water partition coefficient (Wildman–Crippen LogP) is 3.86. The van der Waals surface area contributed by atoms with Gasteiger partial charge in [-0.05, 0) is 42.9 Å². The third-order valence-electron chi connectivity index (χ3n) is 6.18. The number of benzene rings is 1. The Balaban J connectivity index is 2.01. The molecule has 0 unspecified atom stereocenters. The molecule has 2 aliphatic rings. The lowest BCUT2D eigenvalue weighted by Crippen LogP contribution is -2.32. The van der Waals surface area contributed by atoms with Crippen LogP contribution in [0.15, 0.2) is 29.2 Å². The molecule has 1 N–H and O–H groups in total.